The van der Waals surface area contributed by atoms with E-state index in [1.165, 1.54) is 25.2 Å². The average Bonchev–Trinajstić information content (AvgIpc) is 2.70. The van der Waals surface area contributed by atoms with Crippen LogP contribution in [0.1, 0.15) is 10.4 Å². The van der Waals surface area contributed by atoms with Crippen molar-refractivity contribution in [2.45, 2.75) is 0 Å². The van der Waals surface area contributed by atoms with Gasteiger partial charge in [-0.25, -0.2) is 4.98 Å². The molecule has 0 atom stereocenters. The highest BCUT2D eigenvalue weighted by molar-refractivity contribution is 6.00. The third kappa shape index (κ3) is 4.30. The highest BCUT2D eigenvalue weighted by Gasteiger charge is 2.15. The maximum absolute atomic E-state index is 12.0. The summed E-state index contributed by atoms with van der Waals surface area (Å²) in [7, 11) is 1.48. The predicted molar refractivity (Wildman–Crippen MR) is 105 cm³/mol. The lowest BCUT2D eigenvalue weighted by Crippen LogP contribution is -2.21. The van der Waals surface area contributed by atoms with Gasteiger partial charge < -0.3 is 16.0 Å². The van der Waals surface area contributed by atoms with E-state index < -0.39 is 4.92 Å². The summed E-state index contributed by atoms with van der Waals surface area (Å²) >= 11 is 0. The molecule has 0 unspecified atom stereocenters. The molecule has 0 aliphatic carbocycles. The minimum absolute atomic E-state index is 0.127. The molecule has 8 nitrogen and oxygen atoms in total. The first-order valence-electron chi connectivity index (χ1n) is 8.42. The zero-order valence-corrected chi connectivity index (χ0v) is 14.7. The largest absolute Gasteiger partial charge is 0.383 e. The Morgan fingerprint density at radius 2 is 1.85 bits per heavy atom. The summed E-state index contributed by atoms with van der Waals surface area (Å²) in [5.74, 6) is 0.371. The van der Waals surface area contributed by atoms with Crippen LogP contribution in [-0.2, 0) is 0 Å². The van der Waals surface area contributed by atoms with Gasteiger partial charge in [0.15, 0.2) is 0 Å². The molecule has 0 radical (unpaired) electrons. The number of para-hydroxylation sites is 1. The Bertz CT molecular complexity index is 990. The van der Waals surface area contributed by atoms with Gasteiger partial charge in [-0.1, -0.05) is 18.2 Å². The monoisotopic (exact) mass is 365 g/mol. The Morgan fingerprint density at radius 3 is 2.63 bits per heavy atom. The van der Waals surface area contributed by atoms with Crippen molar-refractivity contribution in [2.24, 2.45) is 0 Å². The number of carbonyl (C=O) groups is 1. The van der Waals surface area contributed by atoms with Crippen LogP contribution in [-0.4, -0.2) is 36.0 Å². The van der Waals surface area contributed by atoms with Crippen LogP contribution in [0.4, 0.5) is 17.2 Å². The first-order valence-corrected chi connectivity index (χ1v) is 8.42. The zero-order chi connectivity index (χ0) is 19.2. The molecule has 0 saturated carbocycles. The van der Waals surface area contributed by atoms with Crippen LogP contribution in [0.15, 0.2) is 54.6 Å². The third-order valence-electron chi connectivity index (χ3n) is 4.03. The van der Waals surface area contributed by atoms with E-state index >= 15 is 0 Å². The molecule has 0 aliphatic rings. The van der Waals surface area contributed by atoms with Crippen molar-refractivity contribution in [1.82, 2.24) is 10.3 Å². The number of pyridine rings is 1. The summed E-state index contributed by atoms with van der Waals surface area (Å²) in [5.41, 5.74) is 1.55. The normalized spacial score (nSPS) is 10.4. The molecule has 1 amide bonds. The Morgan fingerprint density at radius 1 is 1.07 bits per heavy atom. The van der Waals surface area contributed by atoms with Gasteiger partial charge in [-0.3, -0.25) is 14.9 Å². The molecule has 2 aromatic carbocycles. The SMILES string of the molecule is CNC(=O)c1cc([N+](=O)[O-])ccc1NCCNc1ccc2ccccc2n1. The molecule has 0 bridgehead atoms. The van der Waals surface area contributed by atoms with Gasteiger partial charge in [-0.05, 0) is 24.3 Å². The van der Waals surface area contributed by atoms with E-state index in [1.807, 2.05) is 36.4 Å². The van der Waals surface area contributed by atoms with E-state index in [4.69, 9.17) is 0 Å². The number of carbonyl (C=O) groups excluding carboxylic acids is 1. The lowest BCUT2D eigenvalue weighted by Gasteiger charge is -2.12. The molecule has 3 aromatic rings. The molecule has 8 heteroatoms. The van der Waals surface area contributed by atoms with Crippen LogP contribution in [0.25, 0.3) is 10.9 Å². The fourth-order valence-corrected chi connectivity index (χ4v) is 2.67. The van der Waals surface area contributed by atoms with Gasteiger partial charge in [0, 0.05) is 43.3 Å². The highest BCUT2D eigenvalue weighted by Crippen LogP contribution is 2.22. The highest BCUT2D eigenvalue weighted by atomic mass is 16.6. The Hall–Kier alpha value is -3.68. The van der Waals surface area contributed by atoms with Crippen molar-refractivity contribution in [2.75, 3.05) is 30.8 Å². The van der Waals surface area contributed by atoms with Gasteiger partial charge in [0.2, 0.25) is 0 Å². The van der Waals surface area contributed by atoms with Crippen LogP contribution in [0.3, 0.4) is 0 Å². The van der Waals surface area contributed by atoms with Crippen LogP contribution in [0, 0.1) is 10.1 Å². The van der Waals surface area contributed by atoms with Gasteiger partial charge in [-0.2, -0.15) is 0 Å². The number of fused-ring (bicyclic) bond motifs is 1. The van der Waals surface area contributed by atoms with Gasteiger partial charge in [0.1, 0.15) is 5.82 Å². The second kappa shape index (κ2) is 8.13. The van der Waals surface area contributed by atoms with Crippen molar-refractivity contribution in [3.63, 3.8) is 0 Å². The van der Waals surface area contributed by atoms with Crippen LogP contribution in [0.5, 0.6) is 0 Å². The number of rotatable bonds is 7. The van der Waals surface area contributed by atoms with E-state index in [0.717, 1.165) is 16.7 Å². The average molecular weight is 365 g/mol. The maximum atomic E-state index is 12.0. The quantitative estimate of drug-likeness (QED) is 0.337. The van der Waals surface area contributed by atoms with E-state index in [-0.39, 0.29) is 17.2 Å². The van der Waals surface area contributed by atoms with Crippen LogP contribution < -0.4 is 16.0 Å². The topological polar surface area (TPSA) is 109 Å². The molecule has 1 heterocycles. The standard InChI is InChI=1S/C19H19N5O3/c1-20-19(25)15-12-14(24(26)27)7-8-17(15)21-10-11-22-18-9-6-13-4-2-3-5-16(13)23-18/h2-9,12,21H,10-11H2,1H3,(H,20,25)(H,22,23). The van der Waals surface area contributed by atoms with Crippen molar-refractivity contribution in [3.8, 4) is 0 Å². The molecule has 3 rings (SSSR count). The fraction of sp³-hybridized carbons (Fsp3) is 0.158. The second-order valence-electron chi connectivity index (χ2n) is 5.81. The maximum Gasteiger partial charge on any atom is 0.270 e. The summed E-state index contributed by atoms with van der Waals surface area (Å²) in [6.07, 6.45) is 0. The van der Waals surface area contributed by atoms with Gasteiger partial charge in [0.05, 0.1) is 16.0 Å². The minimum Gasteiger partial charge on any atom is -0.383 e. The van der Waals surface area contributed by atoms with Gasteiger partial charge >= 0.3 is 0 Å². The summed E-state index contributed by atoms with van der Waals surface area (Å²) in [6.45, 7) is 1.08. The van der Waals surface area contributed by atoms with E-state index in [9.17, 15) is 14.9 Å². The smallest absolute Gasteiger partial charge is 0.270 e. The molecule has 1 aromatic heterocycles. The van der Waals surface area contributed by atoms with E-state index in [0.29, 0.717) is 18.8 Å². The number of hydrogen-bond donors (Lipinski definition) is 3. The van der Waals surface area contributed by atoms with Gasteiger partial charge in [0.25, 0.3) is 11.6 Å². The number of nitro groups is 1. The molecular weight excluding hydrogens is 346 g/mol. The lowest BCUT2D eigenvalue weighted by atomic mass is 10.1. The number of benzene rings is 2. The Kier molecular flexibility index (Phi) is 5.46. The molecule has 0 fully saturated rings. The van der Waals surface area contributed by atoms with Crippen LogP contribution >= 0.6 is 0 Å². The lowest BCUT2D eigenvalue weighted by molar-refractivity contribution is -0.384. The summed E-state index contributed by atoms with van der Waals surface area (Å²) < 4.78 is 0. The molecule has 3 N–H and O–H groups in total. The molecule has 27 heavy (non-hydrogen) atoms. The number of amides is 1. The zero-order valence-electron chi connectivity index (χ0n) is 14.7. The Balaban J connectivity index is 1.64. The molecular formula is C19H19N5O3. The number of anilines is 2. The minimum atomic E-state index is -0.525. The molecule has 0 aliphatic heterocycles. The van der Waals surface area contributed by atoms with Crippen molar-refractivity contribution in [1.29, 1.82) is 0 Å². The predicted octanol–water partition coefficient (Wildman–Crippen LogP) is 3.03. The number of nitrogens with one attached hydrogen (secondary N) is 3. The number of non-ortho nitro benzene ring substituents is 1. The Labute approximate surface area is 155 Å². The number of nitrogens with zero attached hydrogens (tertiary/aromatic N) is 2. The van der Waals surface area contributed by atoms with Crippen molar-refractivity contribution >= 4 is 34.0 Å². The number of aromatic nitrogens is 1. The van der Waals surface area contributed by atoms with Gasteiger partial charge in [-0.15, -0.1) is 0 Å². The molecule has 0 saturated heterocycles. The van der Waals surface area contributed by atoms with E-state index in [1.54, 1.807) is 0 Å². The number of nitro benzene ring substituents is 1. The molecule has 138 valence electrons. The third-order valence-corrected chi connectivity index (χ3v) is 4.03. The number of hydrogen-bond acceptors (Lipinski definition) is 6. The van der Waals surface area contributed by atoms with Crippen molar-refractivity contribution < 1.29 is 9.72 Å². The first-order chi connectivity index (χ1) is 13.1. The summed E-state index contributed by atoms with van der Waals surface area (Å²) in [6, 6.07) is 15.9. The van der Waals surface area contributed by atoms with E-state index in [2.05, 4.69) is 20.9 Å². The fourth-order valence-electron chi connectivity index (χ4n) is 2.67. The van der Waals surface area contributed by atoms with Crippen LogP contribution in [0.2, 0.25) is 0 Å². The first kappa shape index (κ1) is 18.1. The summed E-state index contributed by atoms with van der Waals surface area (Å²) in [4.78, 5) is 26.9. The second-order valence-corrected chi connectivity index (χ2v) is 5.81. The molecule has 0 spiro atoms. The summed E-state index contributed by atoms with van der Waals surface area (Å²) in [5, 5.41) is 20.8. The van der Waals surface area contributed by atoms with Crippen molar-refractivity contribution in [3.05, 3.63) is 70.3 Å².